The van der Waals surface area contributed by atoms with Gasteiger partial charge in [0.05, 0.1) is 18.5 Å². The molecule has 0 aliphatic rings. The van der Waals surface area contributed by atoms with Gasteiger partial charge in [-0.1, -0.05) is 55.8 Å². The molecular weight excluding hydrogens is 502 g/mol. The molecule has 1 aromatic heterocycles. The highest BCUT2D eigenvalue weighted by molar-refractivity contribution is 5.99. The number of aromatic nitrogens is 2. The Balaban J connectivity index is 1.63. The number of urea groups is 1. The minimum Gasteiger partial charge on any atom is -0.497 e. The van der Waals surface area contributed by atoms with E-state index < -0.39 is 0 Å². The van der Waals surface area contributed by atoms with Crippen LogP contribution >= 0.6 is 0 Å². The third-order valence-corrected chi connectivity index (χ3v) is 6.95. The van der Waals surface area contributed by atoms with Crippen molar-refractivity contribution in [3.63, 3.8) is 0 Å². The van der Waals surface area contributed by atoms with Crippen LogP contribution in [0, 0.1) is 20.8 Å². The van der Waals surface area contributed by atoms with E-state index in [0.29, 0.717) is 12.4 Å². The lowest BCUT2D eigenvalue weighted by molar-refractivity contribution is -0.116. The third-order valence-electron chi connectivity index (χ3n) is 6.95. The van der Waals surface area contributed by atoms with Crippen LogP contribution in [0.4, 0.5) is 16.3 Å². The van der Waals surface area contributed by atoms with Gasteiger partial charge in [0.1, 0.15) is 18.1 Å². The molecule has 0 aliphatic carbocycles. The van der Waals surface area contributed by atoms with Gasteiger partial charge in [0.2, 0.25) is 5.91 Å². The lowest BCUT2D eigenvalue weighted by atomic mass is 10.1. The zero-order chi connectivity index (χ0) is 28.6. The fraction of sp³-hybridized carbons (Fsp3) is 0.281. The molecule has 4 rings (SSSR count). The van der Waals surface area contributed by atoms with Crippen LogP contribution in [0.2, 0.25) is 0 Å². The summed E-state index contributed by atoms with van der Waals surface area (Å²) in [4.78, 5) is 28.4. The molecule has 3 aromatic carbocycles. The number of methoxy groups -OCH3 is 1. The number of ether oxygens (including phenoxy) is 1. The number of hydrogen-bond donors (Lipinski definition) is 2. The van der Waals surface area contributed by atoms with Crippen LogP contribution in [0.1, 0.15) is 36.6 Å². The monoisotopic (exact) mass is 539 g/mol. The molecular formula is C32H37N5O3. The predicted octanol–water partition coefficient (Wildman–Crippen LogP) is 6.75. The molecule has 3 amide bonds. The third kappa shape index (κ3) is 6.51. The summed E-state index contributed by atoms with van der Waals surface area (Å²) in [6.45, 7) is 8.32. The van der Waals surface area contributed by atoms with Crippen LogP contribution in [0.5, 0.6) is 5.75 Å². The Kier molecular flexibility index (Phi) is 9.22. The van der Waals surface area contributed by atoms with E-state index in [9.17, 15) is 9.59 Å². The molecule has 8 heteroatoms. The molecule has 0 saturated heterocycles. The summed E-state index contributed by atoms with van der Waals surface area (Å²) in [5.74, 6) is 0.964. The van der Waals surface area contributed by atoms with Gasteiger partial charge in [-0.3, -0.25) is 4.79 Å². The SMILES string of the molecule is CCCCN(CC(=O)Nc1c(-c2ccccc2)c(C)nn1-c1ccc(OC)cc1)C(=O)Nc1cccc(C)c1C. The van der Waals surface area contributed by atoms with Gasteiger partial charge in [-0.15, -0.1) is 0 Å². The molecule has 2 N–H and O–H groups in total. The Morgan fingerprint density at radius 2 is 1.65 bits per heavy atom. The van der Waals surface area contributed by atoms with Crippen LogP contribution < -0.4 is 15.4 Å². The molecule has 0 fully saturated rings. The summed E-state index contributed by atoms with van der Waals surface area (Å²) >= 11 is 0. The Hall–Kier alpha value is -4.59. The topological polar surface area (TPSA) is 88.5 Å². The van der Waals surface area contributed by atoms with Crippen molar-refractivity contribution in [3.8, 4) is 22.6 Å². The van der Waals surface area contributed by atoms with Crippen LogP contribution in [-0.2, 0) is 4.79 Å². The standard InChI is InChI=1S/C32H37N5O3/c1-6-7-20-36(32(39)33-28-15-11-12-22(2)23(28)3)21-29(38)34-31-30(25-13-9-8-10-14-25)24(4)35-37(31)26-16-18-27(40-5)19-17-26/h8-19H,6-7,20-21H2,1-5H3,(H,33,39)(H,34,38). The molecule has 208 valence electrons. The van der Waals surface area contributed by atoms with Gasteiger partial charge >= 0.3 is 6.03 Å². The second kappa shape index (κ2) is 13.0. The van der Waals surface area contributed by atoms with Gasteiger partial charge in [-0.25, -0.2) is 9.48 Å². The van der Waals surface area contributed by atoms with Gasteiger partial charge in [0, 0.05) is 17.8 Å². The summed E-state index contributed by atoms with van der Waals surface area (Å²) < 4.78 is 7.03. The van der Waals surface area contributed by atoms with Crippen LogP contribution in [0.25, 0.3) is 16.8 Å². The molecule has 40 heavy (non-hydrogen) atoms. The molecule has 0 unspecified atom stereocenters. The number of nitrogens with one attached hydrogen (secondary N) is 2. The number of rotatable bonds is 10. The maximum Gasteiger partial charge on any atom is 0.322 e. The Bertz CT molecular complexity index is 1460. The second-order valence-corrected chi connectivity index (χ2v) is 9.79. The normalized spacial score (nSPS) is 10.7. The van der Waals surface area contributed by atoms with Gasteiger partial charge in [0.15, 0.2) is 0 Å². The van der Waals surface area contributed by atoms with Crippen molar-refractivity contribution >= 4 is 23.4 Å². The summed E-state index contributed by atoms with van der Waals surface area (Å²) in [7, 11) is 1.62. The average molecular weight is 540 g/mol. The van der Waals surface area contributed by atoms with E-state index >= 15 is 0 Å². The first kappa shape index (κ1) is 28.4. The molecule has 0 bridgehead atoms. The fourth-order valence-electron chi connectivity index (χ4n) is 4.53. The van der Waals surface area contributed by atoms with E-state index in [0.717, 1.165) is 57.9 Å². The zero-order valence-corrected chi connectivity index (χ0v) is 23.8. The minimum atomic E-state index is -0.306. The number of aryl methyl sites for hydroxylation is 2. The van der Waals surface area contributed by atoms with E-state index in [1.807, 2.05) is 93.6 Å². The number of carbonyl (C=O) groups is 2. The lowest BCUT2D eigenvalue weighted by Gasteiger charge is -2.23. The first-order valence-corrected chi connectivity index (χ1v) is 13.5. The lowest BCUT2D eigenvalue weighted by Crippen LogP contribution is -2.41. The largest absolute Gasteiger partial charge is 0.497 e. The van der Waals surface area contributed by atoms with Crippen molar-refractivity contribution in [2.45, 2.75) is 40.5 Å². The molecule has 4 aromatic rings. The number of carbonyl (C=O) groups excluding carboxylic acids is 2. The molecule has 1 heterocycles. The Labute approximate surface area is 236 Å². The van der Waals surface area contributed by atoms with Gasteiger partial charge in [0.25, 0.3) is 0 Å². The summed E-state index contributed by atoms with van der Waals surface area (Å²) in [5, 5.41) is 10.8. The van der Waals surface area contributed by atoms with Gasteiger partial charge in [-0.05, 0) is 74.2 Å². The van der Waals surface area contributed by atoms with Crippen LogP contribution in [0.15, 0.2) is 72.8 Å². The van der Waals surface area contributed by atoms with Crippen LogP contribution in [0.3, 0.4) is 0 Å². The minimum absolute atomic E-state index is 0.0994. The quantitative estimate of drug-likeness (QED) is 0.233. The van der Waals surface area contributed by atoms with Crippen molar-refractivity contribution in [1.29, 1.82) is 0 Å². The Morgan fingerprint density at radius 1 is 0.925 bits per heavy atom. The predicted molar refractivity (Wildman–Crippen MR) is 160 cm³/mol. The molecule has 8 nitrogen and oxygen atoms in total. The molecule has 0 saturated carbocycles. The number of hydrogen-bond acceptors (Lipinski definition) is 4. The number of anilines is 2. The zero-order valence-electron chi connectivity index (χ0n) is 23.8. The summed E-state index contributed by atoms with van der Waals surface area (Å²) in [6, 6.07) is 22.8. The summed E-state index contributed by atoms with van der Waals surface area (Å²) in [5.41, 5.74) is 6.14. The first-order chi connectivity index (χ1) is 19.3. The Morgan fingerprint density at radius 3 is 2.33 bits per heavy atom. The van der Waals surface area contributed by atoms with E-state index in [4.69, 9.17) is 9.84 Å². The highest BCUT2D eigenvalue weighted by Crippen LogP contribution is 2.33. The van der Waals surface area contributed by atoms with Crippen molar-refractivity contribution in [2.24, 2.45) is 0 Å². The number of nitrogens with zero attached hydrogens (tertiary/aromatic N) is 3. The van der Waals surface area contributed by atoms with Crippen LogP contribution in [-0.4, -0.2) is 46.8 Å². The van der Waals surface area contributed by atoms with E-state index in [1.54, 1.807) is 16.7 Å². The highest BCUT2D eigenvalue weighted by atomic mass is 16.5. The van der Waals surface area contributed by atoms with Gasteiger partial charge in [-0.2, -0.15) is 5.10 Å². The van der Waals surface area contributed by atoms with Crippen molar-refractivity contribution in [2.75, 3.05) is 30.8 Å². The first-order valence-electron chi connectivity index (χ1n) is 13.5. The van der Waals surface area contributed by atoms with E-state index in [2.05, 4.69) is 17.6 Å². The smallest absolute Gasteiger partial charge is 0.322 e. The molecule has 0 aliphatic heterocycles. The van der Waals surface area contributed by atoms with E-state index in [1.165, 1.54) is 0 Å². The molecule has 0 radical (unpaired) electrons. The number of unbranched alkanes of at least 4 members (excludes halogenated alkanes) is 1. The van der Waals surface area contributed by atoms with Gasteiger partial charge < -0.3 is 20.3 Å². The fourth-order valence-corrected chi connectivity index (χ4v) is 4.53. The maximum atomic E-state index is 13.5. The average Bonchev–Trinajstić information content (AvgIpc) is 3.28. The number of benzene rings is 3. The van der Waals surface area contributed by atoms with Crippen molar-refractivity contribution in [1.82, 2.24) is 14.7 Å². The van der Waals surface area contributed by atoms with E-state index in [-0.39, 0.29) is 18.5 Å². The summed E-state index contributed by atoms with van der Waals surface area (Å²) in [6.07, 6.45) is 1.68. The van der Waals surface area contributed by atoms with Crippen molar-refractivity contribution in [3.05, 3.63) is 89.6 Å². The molecule has 0 atom stereocenters. The van der Waals surface area contributed by atoms with Crippen molar-refractivity contribution < 1.29 is 14.3 Å². The molecule has 0 spiro atoms. The number of amides is 3. The maximum absolute atomic E-state index is 13.5. The highest BCUT2D eigenvalue weighted by Gasteiger charge is 2.23. The second-order valence-electron chi connectivity index (χ2n) is 9.79.